The van der Waals surface area contributed by atoms with Crippen molar-refractivity contribution in [1.29, 1.82) is 0 Å². The summed E-state index contributed by atoms with van der Waals surface area (Å²) in [4.78, 5) is 16.5. The van der Waals surface area contributed by atoms with Gasteiger partial charge in [0.1, 0.15) is 5.75 Å². The fourth-order valence-electron chi connectivity index (χ4n) is 2.88. The van der Waals surface area contributed by atoms with Crippen molar-refractivity contribution in [3.63, 3.8) is 0 Å². The van der Waals surface area contributed by atoms with E-state index in [9.17, 15) is 4.79 Å². The molecule has 0 bridgehead atoms. The fourth-order valence-corrected chi connectivity index (χ4v) is 2.88. The highest BCUT2D eigenvalue weighted by atomic mass is 16.5. The molecule has 0 heterocycles. The van der Waals surface area contributed by atoms with Crippen molar-refractivity contribution in [3.05, 3.63) is 65.2 Å². The van der Waals surface area contributed by atoms with Gasteiger partial charge in [0.15, 0.2) is 5.96 Å². The van der Waals surface area contributed by atoms with Gasteiger partial charge in [-0.2, -0.15) is 0 Å². The molecule has 0 aliphatic rings. The second kappa shape index (κ2) is 12.5. The molecule has 0 spiro atoms. The van der Waals surface area contributed by atoms with Crippen molar-refractivity contribution < 1.29 is 9.53 Å². The maximum absolute atomic E-state index is 11.8. The van der Waals surface area contributed by atoms with Crippen molar-refractivity contribution in [1.82, 2.24) is 16.0 Å². The Hall–Kier alpha value is -3.02. The van der Waals surface area contributed by atoms with Gasteiger partial charge in [-0.1, -0.05) is 44.2 Å². The fraction of sp³-hybridized carbons (Fsp3) is 0.417. The lowest BCUT2D eigenvalue weighted by Gasteiger charge is -2.14. The van der Waals surface area contributed by atoms with Crippen LogP contribution in [0.2, 0.25) is 0 Å². The lowest BCUT2D eigenvalue weighted by molar-refractivity contribution is 0.0963. The highest BCUT2D eigenvalue weighted by Crippen LogP contribution is 2.19. The molecule has 162 valence electrons. The summed E-state index contributed by atoms with van der Waals surface area (Å²) in [5.74, 6) is 2.05. The normalized spacial score (nSPS) is 11.3. The first-order valence-electron chi connectivity index (χ1n) is 10.6. The zero-order valence-electron chi connectivity index (χ0n) is 18.5. The summed E-state index contributed by atoms with van der Waals surface area (Å²) in [5, 5.41) is 9.31. The molecular weight excluding hydrogens is 376 g/mol. The Bertz CT molecular complexity index is 833. The monoisotopic (exact) mass is 410 g/mol. The minimum atomic E-state index is -0.0712. The van der Waals surface area contributed by atoms with Gasteiger partial charge in [-0.05, 0) is 43.0 Å². The van der Waals surface area contributed by atoms with E-state index >= 15 is 0 Å². The van der Waals surface area contributed by atoms with E-state index in [0.29, 0.717) is 31.2 Å². The van der Waals surface area contributed by atoms with Gasteiger partial charge < -0.3 is 20.7 Å². The number of carbonyl (C=O) groups is 1. The topological polar surface area (TPSA) is 74.8 Å². The van der Waals surface area contributed by atoms with Gasteiger partial charge in [-0.3, -0.25) is 4.79 Å². The van der Waals surface area contributed by atoms with Gasteiger partial charge in [-0.15, -0.1) is 0 Å². The number of nitrogens with one attached hydrogen (secondary N) is 3. The van der Waals surface area contributed by atoms with Crippen molar-refractivity contribution in [2.75, 3.05) is 26.7 Å². The Morgan fingerprint density at radius 1 is 1.10 bits per heavy atom. The zero-order valence-corrected chi connectivity index (χ0v) is 18.5. The highest BCUT2D eigenvalue weighted by Gasteiger charge is 2.06. The largest absolute Gasteiger partial charge is 0.493 e. The highest BCUT2D eigenvalue weighted by molar-refractivity contribution is 5.94. The van der Waals surface area contributed by atoms with Gasteiger partial charge >= 0.3 is 0 Å². The molecule has 2 aromatic rings. The molecule has 0 saturated carbocycles. The standard InChI is InChI=1S/C24H34N4O2/c1-5-26-24(27-14-13-19-9-8-11-20(15-19)23(29)25-4)28-16-21-10-6-7-12-22(21)30-17-18(2)3/h6-12,15,18H,5,13-14,16-17H2,1-4H3,(H,25,29)(H2,26,27,28). The van der Waals surface area contributed by atoms with Gasteiger partial charge in [-0.25, -0.2) is 4.99 Å². The van der Waals surface area contributed by atoms with Crippen molar-refractivity contribution >= 4 is 11.9 Å². The third-order valence-corrected chi connectivity index (χ3v) is 4.42. The second-order valence-electron chi connectivity index (χ2n) is 7.46. The maximum Gasteiger partial charge on any atom is 0.251 e. The number of amides is 1. The molecule has 0 atom stereocenters. The molecule has 3 N–H and O–H groups in total. The third kappa shape index (κ3) is 7.78. The number of rotatable bonds is 10. The number of para-hydroxylation sites is 1. The van der Waals surface area contributed by atoms with Crippen molar-refractivity contribution in [2.24, 2.45) is 10.9 Å². The van der Waals surface area contributed by atoms with E-state index < -0.39 is 0 Å². The number of nitrogens with zero attached hydrogens (tertiary/aromatic N) is 1. The van der Waals surface area contributed by atoms with E-state index in [4.69, 9.17) is 9.73 Å². The summed E-state index contributed by atoms with van der Waals surface area (Å²) in [6, 6.07) is 15.7. The van der Waals surface area contributed by atoms with Crippen LogP contribution in [-0.4, -0.2) is 38.6 Å². The number of ether oxygens (including phenoxy) is 1. The van der Waals surface area contributed by atoms with Crippen LogP contribution in [-0.2, 0) is 13.0 Å². The molecule has 0 radical (unpaired) electrons. The average molecular weight is 411 g/mol. The van der Waals surface area contributed by atoms with Crippen LogP contribution < -0.4 is 20.7 Å². The predicted molar refractivity (Wildman–Crippen MR) is 123 cm³/mol. The minimum absolute atomic E-state index is 0.0712. The number of benzene rings is 2. The van der Waals surface area contributed by atoms with E-state index in [-0.39, 0.29) is 5.91 Å². The van der Waals surface area contributed by atoms with E-state index in [0.717, 1.165) is 35.8 Å². The van der Waals surface area contributed by atoms with Crippen LogP contribution >= 0.6 is 0 Å². The zero-order chi connectivity index (χ0) is 21.8. The van der Waals surface area contributed by atoms with Crippen LogP contribution in [0, 0.1) is 5.92 Å². The molecule has 0 saturated heterocycles. The van der Waals surface area contributed by atoms with Crippen LogP contribution in [0.25, 0.3) is 0 Å². The minimum Gasteiger partial charge on any atom is -0.493 e. The molecule has 0 aromatic heterocycles. The summed E-state index contributed by atoms with van der Waals surface area (Å²) in [6.45, 7) is 9.04. The molecule has 2 rings (SSSR count). The van der Waals surface area contributed by atoms with Crippen LogP contribution in [0.15, 0.2) is 53.5 Å². The Morgan fingerprint density at radius 2 is 1.90 bits per heavy atom. The van der Waals surface area contributed by atoms with Crippen LogP contribution in [0.3, 0.4) is 0 Å². The van der Waals surface area contributed by atoms with E-state index in [2.05, 4.69) is 29.8 Å². The summed E-state index contributed by atoms with van der Waals surface area (Å²) < 4.78 is 5.93. The molecule has 0 unspecified atom stereocenters. The van der Waals surface area contributed by atoms with Gasteiger partial charge in [0, 0.05) is 31.3 Å². The van der Waals surface area contributed by atoms with Crippen LogP contribution in [0.1, 0.15) is 42.3 Å². The first-order chi connectivity index (χ1) is 14.5. The first kappa shape index (κ1) is 23.3. The van der Waals surface area contributed by atoms with Crippen LogP contribution in [0.5, 0.6) is 5.75 Å². The molecule has 0 fully saturated rings. The lowest BCUT2D eigenvalue weighted by atomic mass is 10.1. The Morgan fingerprint density at radius 3 is 2.63 bits per heavy atom. The van der Waals surface area contributed by atoms with Crippen LogP contribution in [0.4, 0.5) is 0 Å². The smallest absolute Gasteiger partial charge is 0.251 e. The molecule has 0 aliphatic carbocycles. The summed E-state index contributed by atoms with van der Waals surface area (Å²) in [5.41, 5.74) is 2.84. The SMILES string of the molecule is CCNC(=NCc1ccccc1OCC(C)C)NCCc1cccc(C(=O)NC)c1. The van der Waals surface area contributed by atoms with Gasteiger partial charge in [0.25, 0.3) is 5.91 Å². The average Bonchev–Trinajstić information content (AvgIpc) is 2.76. The summed E-state index contributed by atoms with van der Waals surface area (Å²) >= 11 is 0. The number of guanidine groups is 1. The molecule has 2 aromatic carbocycles. The van der Waals surface area contributed by atoms with Gasteiger partial charge in [0.2, 0.25) is 0 Å². The Kier molecular flexibility index (Phi) is 9.71. The second-order valence-corrected chi connectivity index (χ2v) is 7.46. The molecule has 0 aliphatic heterocycles. The lowest BCUT2D eigenvalue weighted by Crippen LogP contribution is -2.38. The van der Waals surface area contributed by atoms with E-state index in [1.807, 2.05) is 55.5 Å². The van der Waals surface area contributed by atoms with Gasteiger partial charge in [0.05, 0.1) is 13.2 Å². The summed E-state index contributed by atoms with van der Waals surface area (Å²) in [7, 11) is 1.64. The molecular formula is C24H34N4O2. The molecule has 30 heavy (non-hydrogen) atoms. The predicted octanol–water partition coefficient (Wildman–Crippen LogP) is 3.38. The van der Waals surface area contributed by atoms with Crippen molar-refractivity contribution in [2.45, 2.75) is 33.7 Å². The number of hydrogen-bond acceptors (Lipinski definition) is 3. The van der Waals surface area contributed by atoms with Crippen molar-refractivity contribution in [3.8, 4) is 5.75 Å². The quantitative estimate of drug-likeness (QED) is 0.415. The summed E-state index contributed by atoms with van der Waals surface area (Å²) in [6.07, 6.45) is 0.795. The molecule has 6 nitrogen and oxygen atoms in total. The first-order valence-corrected chi connectivity index (χ1v) is 10.6. The number of hydrogen-bond donors (Lipinski definition) is 3. The third-order valence-electron chi connectivity index (χ3n) is 4.42. The number of aliphatic imine (C=N–C) groups is 1. The maximum atomic E-state index is 11.8. The molecule has 6 heteroatoms. The van der Waals surface area contributed by atoms with E-state index in [1.165, 1.54) is 0 Å². The van der Waals surface area contributed by atoms with E-state index in [1.54, 1.807) is 7.05 Å². The molecule has 1 amide bonds. The number of carbonyl (C=O) groups excluding carboxylic acids is 1. The Balaban J connectivity index is 1.96. The Labute approximate surface area is 180 Å².